The zero-order valence-corrected chi connectivity index (χ0v) is 14.5. The lowest BCUT2D eigenvalue weighted by Crippen LogP contribution is -2.49. The van der Waals surface area contributed by atoms with Gasteiger partial charge in [-0.3, -0.25) is 0 Å². The van der Waals surface area contributed by atoms with E-state index in [1.54, 1.807) is 11.2 Å². The van der Waals surface area contributed by atoms with Crippen LogP contribution in [0, 0.1) is 6.92 Å². The Labute approximate surface area is 141 Å². The minimum Gasteiger partial charge on any atom is -0.372 e. The summed E-state index contributed by atoms with van der Waals surface area (Å²) in [5.41, 5.74) is 2.71. The summed E-state index contributed by atoms with van der Waals surface area (Å²) in [5, 5.41) is 11.1. The molecule has 2 atom stereocenters. The van der Waals surface area contributed by atoms with E-state index in [2.05, 4.69) is 15.5 Å². The van der Waals surface area contributed by atoms with Gasteiger partial charge < -0.3 is 19.5 Å². The van der Waals surface area contributed by atoms with Crippen molar-refractivity contribution in [1.82, 2.24) is 19.7 Å². The van der Waals surface area contributed by atoms with Gasteiger partial charge in [-0.25, -0.2) is 4.79 Å². The van der Waals surface area contributed by atoms with E-state index in [-0.39, 0.29) is 18.2 Å². The van der Waals surface area contributed by atoms with Crippen molar-refractivity contribution in [2.75, 3.05) is 18.4 Å². The van der Waals surface area contributed by atoms with E-state index >= 15 is 0 Å². The maximum Gasteiger partial charge on any atom is 0.322 e. The van der Waals surface area contributed by atoms with Crippen molar-refractivity contribution in [3.8, 4) is 11.4 Å². The predicted octanol–water partition coefficient (Wildman–Crippen LogP) is 2.43. The normalized spacial score (nSPS) is 20.9. The van der Waals surface area contributed by atoms with Crippen LogP contribution in [0.3, 0.4) is 0 Å². The van der Waals surface area contributed by atoms with Crippen molar-refractivity contribution in [1.29, 1.82) is 0 Å². The second-order valence-corrected chi connectivity index (χ2v) is 6.34. The molecule has 0 spiro atoms. The topological polar surface area (TPSA) is 72.3 Å². The molecule has 128 valence electrons. The second kappa shape index (κ2) is 6.60. The molecule has 0 bridgehead atoms. The first-order chi connectivity index (χ1) is 11.5. The number of ether oxygens (including phenoxy) is 1. The molecule has 0 unspecified atom stereocenters. The van der Waals surface area contributed by atoms with Crippen molar-refractivity contribution >= 4 is 11.7 Å². The standard InChI is InChI=1S/C17H23N5O2/c1-11-8-22(9-12(2)24-11)17(23)19-15-7-5-6-14(13(15)3)16-20-18-10-21(16)4/h5-7,10-12H,8-9H2,1-4H3,(H,19,23)/t11-,12+. The number of hydrogen-bond acceptors (Lipinski definition) is 4. The highest BCUT2D eigenvalue weighted by atomic mass is 16.5. The smallest absolute Gasteiger partial charge is 0.322 e. The molecule has 1 aromatic carbocycles. The quantitative estimate of drug-likeness (QED) is 0.918. The minimum absolute atomic E-state index is 0.0468. The van der Waals surface area contributed by atoms with Gasteiger partial charge in [0.15, 0.2) is 5.82 Å². The minimum atomic E-state index is -0.102. The van der Waals surface area contributed by atoms with Crippen LogP contribution in [0.1, 0.15) is 19.4 Å². The number of rotatable bonds is 2. The van der Waals surface area contributed by atoms with Gasteiger partial charge in [-0.05, 0) is 32.4 Å². The summed E-state index contributed by atoms with van der Waals surface area (Å²) in [6, 6.07) is 5.70. The molecule has 1 aromatic heterocycles. The number of nitrogens with zero attached hydrogens (tertiary/aromatic N) is 4. The fourth-order valence-corrected chi connectivity index (χ4v) is 3.08. The van der Waals surface area contributed by atoms with Crippen LogP contribution in [-0.4, -0.2) is 51.0 Å². The zero-order valence-electron chi connectivity index (χ0n) is 14.5. The second-order valence-electron chi connectivity index (χ2n) is 6.34. The summed E-state index contributed by atoms with van der Waals surface area (Å²) in [4.78, 5) is 14.4. The number of aromatic nitrogens is 3. The highest BCUT2D eigenvalue weighted by molar-refractivity contribution is 5.91. The third kappa shape index (κ3) is 3.26. The van der Waals surface area contributed by atoms with Gasteiger partial charge in [0.2, 0.25) is 0 Å². The Morgan fingerprint density at radius 1 is 1.29 bits per heavy atom. The Hall–Kier alpha value is -2.41. The summed E-state index contributed by atoms with van der Waals surface area (Å²) >= 11 is 0. The van der Waals surface area contributed by atoms with Crippen LogP contribution >= 0.6 is 0 Å². The first kappa shape index (κ1) is 16.4. The lowest BCUT2D eigenvalue weighted by atomic mass is 10.1. The molecular weight excluding hydrogens is 306 g/mol. The van der Waals surface area contributed by atoms with Gasteiger partial charge in [-0.2, -0.15) is 0 Å². The van der Waals surface area contributed by atoms with E-state index in [4.69, 9.17) is 4.74 Å². The van der Waals surface area contributed by atoms with Crippen molar-refractivity contribution in [3.05, 3.63) is 30.1 Å². The van der Waals surface area contributed by atoms with E-state index in [0.29, 0.717) is 13.1 Å². The molecular formula is C17H23N5O2. The molecule has 1 aliphatic rings. The zero-order chi connectivity index (χ0) is 17.3. The number of carbonyl (C=O) groups is 1. The van der Waals surface area contributed by atoms with Crippen molar-refractivity contribution in [2.45, 2.75) is 33.0 Å². The van der Waals surface area contributed by atoms with E-state index in [0.717, 1.165) is 22.6 Å². The molecule has 1 fully saturated rings. The van der Waals surface area contributed by atoms with Crippen LogP contribution in [0.5, 0.6) is 0 Å². The fourth-order valence-electron chi connectivity index (χ4n) is 3.08. The summed E-state index contributed by atoms with van der Waals surface area (Å²) < 4.78 is 7.54. The highest BCUT2D eigenvalue weighted by Gasteiger charge is 2.26. The number of benzene rings is 1. The largest absolute Gasteiger partial charge is 0.372 e. The molecule has 1 saturated heterocycles. The maximum atomic E-state index is 12.6. The van der Waals surface area contributed by atoms with Gasteiger partial charge >= 0.3 is 6.03 Å². The molecule has 24 heavy (non-hydrogen) atoms. The number of urea groups is 1. The van der Waals surface area contributed by atoms with Crippen LogP contribution in [0.25, 0.3) is 11.4 Å². The Bertz CT molecular complexity index is 732. The van der Waals surface area contributed by atoms with Crippen molar-refractivity contribution in [3.63, 3.8) is 0 Å². The maximum absolute atomic E-state index is 12.6. The first-order valence-corrected chi connectivity index (χ1v) is 8.11. The SMILES string of the molecule is Cc1c(NC(=O)N2C[C@@H](C)O[C@@H](C)C2)cccc1-c1nncn1C. The fraction of sp³-hybridized carbons (Fsp3) is 0.471. The number of nitrogens with one attached hydrogen (secondary N) is 1. The van der Waals surface area contributed by atoms with Crippen molar-refractivity contribution in [2.24, 2.45) is 7.05 Å². The lowest BCUT2D eigenvalue weighted by Gasteiger charge is -2.35. The number of carbonyl (C=O) groups excluding carboxylic acids is 1. The molecule has 0 aliphatic carbocycles. The molecule has 2 heterocycles. The van der Waals surface area contributed by atoms with Crippen LogP contribution in [-0.2, 0) is 11.8 Å². The van der Waals surface area contributed by atoms with E-state index in [1.165, 1.54) is 0 Å². The van der Waals surface area contributed by atoms with Crippen LogP contribution in [0.4, 0.5) is 10.5 Å². The lowest BCUT2D eigenvalue weighted by molar-refractivity contribution is -0.0530. The Balaban J connectivity index is 1.81. The number of morpholine rings is 1. The first-order valence-electron chi connectivity index (χ1n) is 8.11. The predicted molar refractivity (Wildman–Crippen MR) is 91.8 cm³/mol. The number of aryl methyl sites for hydroxylation is 1. The average Bonchev–Trinajstić information content (AvgIpc) is 2.94. The van der Waals surface area contributed by atoms with E-state index < -0.39 is 0 Å². The Morgan fingerprint density at radius 2 is 2.00 bits per heavy atom. The Morgan fingerprint density at radius 3 is 2.62 bits per heavy atom. The molecule has 7 nitrogen and oxygen atoms in total. The highest BCUT2D eigenvalue weighted by Crippen LogP contribution is 2.27. The molecule has 1 aliphatic heterocycles. The van der Waals surface area contributed by atoms with Crippen molar-refractivity contribution < 1.29 is 9.53 Å². The molecule has 1 N–H and O–H groups in total. The van der Waals surface area contributed by atoms with Gasteiger partial charge in [0.1, 0.15) is 6.33 Å². The molecule has 2 aromatic rings. The summed E-state index contributed by atoms with van der Waals surface area (Å²) in [6.07, 6.45) is 1.76. The molecule has 0 radical (unpaired) electrons. The number of hydrogen-bond donors (Lipinski definition) is 1. The van der Waals surface area contributed by atoms with Crippen LogP contribution < -0.4 is 5.32 Å². The molecule has 2 amide bonds. The number of anilines is 1. The van der Waals surface area contributed by atoms with Gasteiger partial charge in [-0.15, -0.1) is 10.2 Å². The van der Waals surface area contributed by atoms with E-state index in [9.17, 15) is 4.79 Å². The average molecular weight is 329 g/mol. The van der Waals surface area contributed by atoms with Gasteiger partial charge in [-0.1, -0.05) is 12.1 Å². The number of amides is 2. The molecule has 7 heteroatoms. The molecule has 3 rings (SSSR count). The van der Waals surface area contributed by atoms with Crippen LogP contribution in [0.15, 0.2) is 24.5 Å². The summed E-state index contributed by atoms with van der Waals surface area (Å²) in [7, 11) is 1.90. The van der Waals surface area contributed by atoms with Gasteiger partial charge in [0.25, 0.3) is 0 Å². The Kier molecular flexibility index (Phi) is 4.53. The molecule has 0 saturated carbocycles. The van der Waals surface area contributed by atoms with Crippen LogP contribution in [0.2, 0.25) is 0 Å². The van der Waals surface area contributed by atoms with Gasteiger partial charge in [0.05, 0.1) is 12.2 Å². The van der Waals surface area contributed by atoms with Gasteiger partial charge in [0, 0.05) is 31.4 Å². The third-order valence-corrected chi connectivity index (χ3v) is 4.23. The summed E-state index contributed by atoms with van der Waals surface area (Å²) in [5.74, 6) is 0.775. The monoisotopic (exact) mass is 329 g/mol. The van der Waals surface area contributed by atoms with E-state index in [1.807, 2.05) is 50.6 Å². The summed E-state index contributed by atoms with van der Waals surface area (Å²) in [6.45, 7) is 7.13. The third-order valence-electron chi connectivity index (χ3n) is 4.23.